The molecule has 0 atom stereocenters. The summed E-state index contributed by atoms with van der Waals surface area (Å²) in [5.41, 5.74) is 0.875. The van der Waals surface area contributed by atoms with Crippen LogP contribution in [0.2, 0.25) is 0 Å². The maximum atomic E-state index is 13.4. The molecular formula is C13H10F2O. The second-order valence-corrected chi connectivity index (χ2v) is 3.33. The van der Waals surface area contributed by atoms with Crippen molar-refractivity contribution in [2.24, 2.45) is 0 Å². The predicted octanol–water partition coefficient (Wildman–Crippen LogP) is 3.64. The van der Waals surface area contributed by atoms with Crippen molar-refractivity contribution < 1.29 is 13.5 Å². The third kappa shape index (κ3) is 1.89. The summed E-state index contributed by atoms with van der Waals surface area (Å²) < 4.78 is 31.7. The van der Waals surface area contributed by atoms with Gasteiger partial charge in [0.15, 0.2) is 11.6 Å². The zero-order valence-electron chi connectivity index (χ0n) is 8.71. The van der Waals surface area contributed by atoms with Crippen molar-refractivity contribution >= 4 is 0 Å². The van der Waals surface area contributed by atoms with Gasteiger partial charge in [-0.2, -0.15) is 0 Å². The van der Waals surface area contributed by atoms with Gasteiger partial charge < -0.3 is 4.74 Å². The topological polar surface area (TPSA) is 9.23 Å². The van der Waals surface area contributed by atoms with Crippen LogP contribution in [-0.2, 0) is 0 Å². The Kier molecular flexibility index (Phi) is 2.86. The molecule has 0 bridgehead atoms. The Morgan fingerprint density at radius 2 is 1.69 bits per heavy atom. The number of hydrogen-bond acceptors (Lipinski definition) is 1. The normalized spacial score (nSPS) is 10.2. The molecule has 1 nitrogen and oxygen atoms in total. The van der Waals surface area contributed by atoms with Crippen LogP contribution in [0.15, 0.2) is 42.5 Å². The molecule has 3 heteroatoms. The quantitative estimate of drug-likeness (QED) is 0.750. The van der Waals surface area contributed by atoms with Crippen molar-refractivity contribution in [1.29, 1.82) is 0 Å². The SMILES string of the molecule is COc1ccc(-c2ccccc2F)cc1F. The molecule has 0 N–H and O–H groups in total. The molecule has 0 fully saturated rings. The van der Waals surface area contributed by atoms with Crippen molar-refractivity contribution in [1.82, 2.24) is 0 Å². The highest BCUT2D eigenvalue weighted by Gasteiger charge is 2.07. The van der Waals surface area contributed by atoms with E-state index in [4.69, 9.17) is 4.74 Å². The highest BCUT2D eigenvalue weighted by Crippen LogP contribution is 2.27. The first-order valence-electron chi connectivity index (χ1n) is 4.81. The lowest BCUT2D eigenvalue weighted by Crippen LogP contribution is -1.89. The van der Waals surface area contributed by atoms with Crippen LogP contribution in [0, 0.1) is 11.6 Å². The fourth-order valence-electron chi connectivity index (χ4n) is 1.53. The Balaban J connectivity index is 2.50. The summed E-state index contributed by atoms with van der Waals surface area (Å²) in [5, 5.41) is 0. The minimum absolute atomic E-state index is 0.153. The Labute approximate surface area is 92.3 Å². The molecule has 2 aromatic rings. The highest BCUT2D eigenvalue weighted by molar-refractivity contribution is 5.64. The van der Waals surface area contributed by atoms with E-state index in [0.717, 1.165) is 0 Å². The van der Waals surface area contributed by atoms with E-state index >= 15 is 0 Å². The van der Waals surface area contributed by atoms with Gasteiger partial charge in [-0.15, -0.1) is 0 Å². The molecule has 0 unspecified atom stereocenters. The molecule has 82 valence electrons. The Morgan fingerprint density at radius 3 is 2.31 bits per heavy atom. The molecule has 0 spiro atoms. The minimum atomic E-state index is -0.497. The third-order valence-electron chi connectivity index (χ3n) is 2.34. The first-order valence-corrected chi connectivity index (χ1v) is 4.81. The smallest absolute Gasteiger partial charge is 0.165 e. The predicted molar refractivity (Wildman–Crippen MR) is 58.3 cm³/mol. The van der Waals surface area contributed by atoms with Gasteiger partial charge in [0.2, 0.25) is 0 Å². The van der Waals surface area contributed by atoms with Crippen LogP contribution in [0.1, 0.15) is 0 Å². The Hall–Kier alpha value is -1.90. The molecule has 0 heterocycles. The number of methoxy groups -OCH3 is 1. The summed E-state index contributed by atoms with van der Waals surface area (Å²) in [6, 6.07) is 10.6. The summed E-state index contributed by atoms with van der Waals surface area (Å²) in [6.07, 6.45) is 0. The zero-order chi connectivity index (χ0) is 11.5. The summed E-state index contributed by atoms with van der Waals surface area (Å²) in [6.45, 7) is 0. The van der Waals surface area contributed by atoms with Gasteiger partial charge in [0, 0.05) is 5.56 Å². The van der Waals surface area contributed by atoms with Gasteiger partial charge in [-0.3, -0.25) is 0 Å². The summed E-state index contributed by atoms with van der Waals surface area (Å²) >= 11 is 0. The molecule has 0 saturated carbocycles. The van der Waals surface area contributed by atoms with Crippen LogP contribution < -0.4 is 4.74 Å². The first-order chi connectivity index (χ1) is 7.72. The standard InChI is InChI=1S/C13H10F2O/c1-16-13-7-6-9(8-12(13)15)10-4-2-3-5-11(10)14/h2-8H,1H3. The lowest BCUT2D eigenvalue weighted by atomic mass is 10.0. The molecule has 0 aromatic heterocycles. The second-order valence-electron chi connectivity index (χ2n) is 3.33. The average Bonchev–Trinajstić information content (AvgIpc) is 2.29. The Bertz CT molecular complexity index is 509. The molecule has 0 radical (unpaired) electrons. The zero-order valence-corrected chi connectivity index (χ0v) is 8.71. The van der Waals surface area contributed by atoms with Gasteiger partial charge in [-0.1, -0.05) is 24.3 Å². The van der Waals surface area contributed by atoms with Crippen molar-refractivity contribution in [2.75, 3.05) is 7.11 Å². The fraction of sp³-hybridized carbons (Fsp3) is 0.0769. The third-order valence-corrected chi connectivity index (χ3v) is 2.34. The van der Waals surface area contributed by atoms with Crippen LogP contribution in [0.4, 0.5) is 8.78 Å². The van der Waals surface area contributed by atoms with Crippen molar-refractivity contribution in [3.63, 3.8) is 0 Å². The molecule has 0 aliphatic rings. The number of rotatable bonds is 2. The number of benzene rings is 2. The molecule has 2 rings (SSSR count). The van der Waals surface area contributed by atoms with Crippen LogP contribution in [0.25, 0.3) is 11.1 Å². The van der Waals surface area contributed by atoms with Gasteiger partial charge in [0.25, 0.3) is 0 Å². The van der Waals surface area contributed by atoms with Crippen molar-refractivity contribution in [2.45, 2.75) is 0 Å². The fourth-order valence-corrected chi connectivity index (χ4v) is 1.53. The largest absolute Gasteiger partial charge is 0.494 e. The van der Waals surface area contributed by atoms with Gasteiger partial charge in [-0.25, -0.2) is 8.78 Å². The van der Waals surface area contributed by atoms with Gasteiger partial charge in [0.05, 0.1) is 7.11 Å². The molecule has 2 aromatic carbocycles. The van der Waals surface area contributed by atoms with Crippen LogP contribution >= 0.6 is 0 Å². The van der Waals surface area contributed by atoms with E-state index in [2.05, 4.69) is 0 Å². The molecular weight excluding hydrogens is 210 g/mol. The van der Waals surface area contributed by atoms with Gasteiger partial charge in [-0.05, 0) is 23.8 Å². The van der Waals surface area contributed by atoms with E-state index in [9.17, 15) is 8.78 Å². The molecule has 0 saturated heterocycles. The highest BCUT2D eigenvalue weighted by atomic mass is 19.1. The van der Waals surface area contributed by atoms with E-state index in [0.29, 0.717) is 11.1 Å². The summed E-state index contributed by atoms with van der Waals surface area (Å²) in [5.74, 6) is -0.713. The van der Waals surface area contributed by atoms with E-state index in [1.165, 1.54) is 25.3 Å². The monoisotopic (exact) mass is 220 g/mol. The van der Waals surface area contributed by atoms with Crippen LogP contribution in [0.3, 0.4) is 0 Å². The van der Waals surface area contributed by atoms with Crippen molar-refractivity contribution in [3.05, 3.63) is 54.1 Å². The number of ether oxygens (including phenoxy) is 1. The lowest BCUT2D eigenvalue weighted by molar-refractivity contribution is 0.386. The average molecular weight is 220 g/mol. The molecule has 16 heavy (non-hydrogen) atoms. The van der Waals surface area contributed by atoms with E-state index in [-0.39, 0.29) is 11.6 Å². The van der Waals surface area contributed by atoms with Crippen LogP contribution in [-0.4, -0.2) is 7.11 Å². The van der Waals surface area contributed by atoms with Crippen molar-refractivity contribution in [3.8, 4) is 16.9 Å². The van der Waals surface area contributed by atoms with Gasteiger partial charge >= 0.3 is 0 Å². The van der Waals surface area contributed by atoms with E-state index in [1.54, 1.807) is 24.3 Å². The first kappa shape index (κ1) is 10.6. The molecule has 0 aliphatic heterocycles. The minimum Gasteiger partial charge on any atom is -0.494 e. The van der Waals surface area contributed by atoms with E-state index < -0.39 is 5.82 Å². The Morgan fingerprint density at radius 1 is 0.938 bits per heavy atom. The maximum absolute atomic E-state index is 13.4. The number of halogens is 2. The number of hydrogen-bond donors (Lipinski definition) is 0. The summed E-state index contributed by atoms with van der Waals surface area (Å²) in [4.78, 5) is 0. The molecule has 0 amide bonds. The van der Waals surface area contributed by atoms with Crippen LogP contribution in [0.5, 0.6) is 5.75 Å². The lowest BCUT2D eigenvalue weighted by Gasteiger charge is -2.06. The maximum Gasteiger partial charge on any atom is 0.165 e. The van der Waals surface area contributed by atoms with Gasteiger partial charge in [0.1, 0.15) is 5.82 Å². The molecule has 0 aliphatic carbocycles. The van der Waals surface area contributed by atoms with E-state index in [1.807, 2.05) is 0 Å². The summed E-state index contributed by atoms with van der Waals surface area (Å²) in [7, 11) is 1.39. The second kappa shape index (κ2) is 4.31.